The average Bonchev–Trinajstić information content (AvgIpc) is 3.16. The maximum absolute atomic E-state index is 12.4. The third kappa shape index (κ3) is 5.29. The Kier molecular flexibility index (Phi) is 6.59. The van der Waals surface area contributed by atoms with E-state index in [-0.39, 0.29) is 25.3 Å². The van der Waals surface area contributed by atoms with E-state index in [1.807, 2.05) is 31.2 Å². The smallest absolute Gasteiger partial charge is 0.306 e. The van der Waals surface area contributed by atoms with Crippen LogP contribution in [0.5, 0.6) is 5.75 Å². The quantitative estimate of drug-likeness (QED) is 0.726. The molecule has 0 aliphatic carbocycles. The van der Waals surface area contributed by atoms with Crippen molar-refractivity contribution in [3.8, 4) is 17.1 Å². The zero-order valence-electron chi connectivity index (χ0n) is 15.7. The lowest BCUT2D eigenvalue weighted by molar-refractivity contribution is -0.147. The first kappa shape index (κ1) is 19.8. The molecule has 1 aromatic carbocycles. The van der Waals surface area contributed by atoms with Gasteiger partial charge in [-0.1, -0.05) is 5.16 Å². The van der Waals surface area contributed by atoms with Crippen molar-refractivity contribution in [2.24, 2.45) is 0 Å². The van der Waals surface area contributed by atoms with E-state index in [9.17, 15) is 9.59 Å². The third-order valence-electron chi connectivity index (χ3n) is 4.34. The number of carboxylic acids is 1. The molecule has 1 saturated heterocycles. The number of nitrogens with zero attached hydrogens (tertiary/aromatic N) is 3. The van der Waals surface area contributed by atoms with Crippen molar-refractivity contribution in [3.63, 3.8) is 0 Å². The Bertz CT molecular complexity index is 804. The summed E-state index contributed by atoms with van der Waals surface area (Å²) in [5.41, 5.74) is 0.800. The van der Waals surface area contributed by atoms with Gasteiger partial charge in [-0.3, -0.25) is 9.59 Å². The van der Waals surface area contributed by atoms with Crippen LogP contribution < -0.4 is 4.74 Å². The molecular weight excluding hydrogens is 366 g/mol. The Balaban J connectivity index is 1.52. The summed E-state index contributed by atoms with van der Waals surface area (Å²) in [6, 6.07) is 7.37. The summed E-state index contributed by atoms with van der Waals surface area (Å²) in [7, 11) is 0. The van der Waals surface area contributed by atoms with E-state index in [1.165, 1.54) is 0 Å². The fourth-order valence-corrected chi connectivity index (χ4v) is 2.98. The highest BCUT2D eigenvalue weighted by Gasteiger charge is 2.26. The normalized spacial score (nSPS) is 16.8. The lowest BCUT2D eigenvalue weighted by Gasteiger charge is -2.32. The van der Waals surface area contributed by atoms with E-state index in [4.69, 9.17) is 19.1 Å². The molecule has 1 N–H and O–H groups in total. The van der Waals surface area contributed by atoms with E-state index in [1.54, 1.807) is 4.90 Å². The highest BCUT2D eigenvalue weighted by Crippen LogP contribution is 2.20. The lowest BCUT2D eigenvalue weighted by atomic mass is 10.2. The zero-order valence-corrected chi connectivity index (χ0v) is 15.7. The number of carbonyl (C=O) groups is 2. The van der Waals surface area contributed by atoms with Crippen LogP contribution in [0.2, 0.25) is 0 Å². The van der Waals surface area contributed by atoms with E-state index in [2.05, 4.69) is 10.1 Å². The van der Waals surface area contributed by atoms with Crippen LogP contribution in [0.25, 0.3) is 11.4 Å². The van der Waals surface area contributed by atoms with Crippen molar-refractivity contribution in [2.45, 2.75) is 32.3 Å². The van der Waals surface area contributed by atoms with Crippen LogP contribution in [0.3, 0.4) is 0 Å². The topological polar surface area (TPSA) is 115 Å². The fraction of sp³-hybridized carbons (Fsp3) is 0.474. The second kappa shape index (κ2) is 9.32. The molecule has 0 unspecified atom stereocenters. The van der Waals surface area contributed by atoms with Crippen molar-refractivity contribution in [2.75, 3.05) is 26.3 Å². The number of aliphatic carboxylic acids is 1. The number of aromatic nitrogens is 2. The first-order valence-electron chi connectivity index (χ1n) is 9.22. The van der Waals surface area contributed by atoms with E-state index >= 15 is 0 Å². The molecule has 0 radical (unpaired) electrons. The molecule has 1 aromatic heterocycles. The highest BCUT2D eigenvalue weighted by molar-refractivity contribution is 5.76. The summed E-state index contributed by atoms with van der Waals surface area (Å²) in [5.74, 6) is 0.588. The molecule has 1 amide bonds. The van der Waals surface area contributed by atoms with Crippen molar-refractivity contribution >= 4 is 11.9 Å². The summed E-state index contributed by atoms with van der Waals surface area (Å²) in [6.45, 7) is 3.60. The standard InChI is InChI=1S/C19H23N3O6/c1-2-26-14-5-3-13(4-6-14)19-20-16(28-21-19)7-8-17(23)22-9-10-27-15(12-22)11-18(24)25/h3-6,15H,2,7-12H2,1H3,(H,24,25)/t15-/m0/s1. The molecule has 1 atom stereocenters. The van der Waals surface area contributed by atoms with Crippen LogP contribution in [0, 0.1) is 0 Å². The van der Waals surface area contributed by atoms with Gasteiger partial charge in [0.2, 0.25) is 17.6 Å². The summed E-state index contributed by atoms with van der Waals surface area (Å²) >= 11 is 0. The van der Waals surface area contributed by atoms with E-state index in [0.29, 0.717) is 37.9 Å². The lowest BCUT2D eigenvalue weighted by Crippen LogP contribution is -2.46. The minimum atomic E-state index is -0.938. The highest BCUT2D eigenvalue weighted by atomic mass is 16.5. The van der Waals surface area contributed by atoms with Gasteiger partial charge in [0.05, 0.1) is 25.7 Å². The molecule has 1 fully saturated rings. The zero-order chi connectivity index (χ0) is 19.9. The third-order valence-corrected chi connectivity index (χ3v) is 4.34. The van der Waals surface area contributed by atoms with Crippen LogP contribution in [-0.2, 0) is 20.7 Å². The molecule has 1 aliphatic heterocycles. The largest absolute Gasteiger partial charge is 0.494 e. The summed E-state index contributed by atoms with van der Waals surface area (Å²) in [4.78, 5) is 29.2. The number of carboxylic acid groups (broad SMARTS) is 1. The Hall–Kier alpha value is -2.94. The van der Waals surface area contributed by atoms with Gasteiger partial charge in [-0.25, -0.2) is 0 Å². The van der Waals surface area contributed by atoms with Crippen LogP contribution in [0.4, 0.5) is 0 Å². The van der Waals surface area contributed by atoms with Crippen molar-refractivity contribution in [1.82, 2.24) is 15.0 Å². The van der Waals surface area contributed by atoms with Crippen molar-refractivity contribution < 1.29 is 28.7 Å². The van der Waals surface area contributed by atoms with Gasteiger partial charge in [0.15, 0.2) is 0 Å². The first-order chi connectivity index (χ1) is 13.5. The number of hydrogen-bond donors (Lipinski definition) is 1. The second-order valence-corrected chi connectivity index (χ2v) is 6.40. The van der Waals surface area contributed by atoms with Gasteiger partial charge < -0.3 is 24.0 Å². The van der Waals surface area contributed by atoms with Crippen LogP contribution in [0.1, 0.15) is 25.7 Å². The van der Waals surface area contributed by atoms with Gasteiger partial charge in [-0.05, 0) is 31.2 Å². The molecule has 0 saturated carbocycles. The number of rotatable bonds is 8. The molecule has 1 aliphatic rings. The second-order valence-electron chi connectivity index (χ2n) is 6.40. The maximum atomic E-state index is 12.4. The van der Waals surface area contributed by atoms with Gasteiger partial charge in [0.25, 0.3) is 0 Å². The molecule has 9 heteroatoms. The number of hydrogen-bond acceptors (Lipinski definition) is 7. The molecule has 9 nitrogen and oxygen atoms in total. The number of carbonyl (C=O) groups excluding carboxylic acids is 1. The number of ether oxygens (including phenoxy) is 2. The molecule has 28 heavy (non-hydrogen) atoms. The molecule has 150 valence electrons. The van der Waals surface area contributed by atoms with E-state index in [0.717, 1.165) is 11.3 Å². The van der Waals surface area contributed by atoms with Crippen LogP contribution in [-0.4, -0.2) is 64.4 Å². The molecule has 2 aromatic rings. The van der Waals surface area contributed by atoms with Gasteiger partial charge in [0.1, 0.15) is 5.75 Å². The Morgan fingerprint density at radius 1 is 1.32 bits per heavy atom. The molecule has 3 rings (SSSR count). The predicted molar refractivity (Wildman–Crippen MR) is 97.8 cm³/mol. The number of morpholine rings is 1. The summed E-state index contributed by atoms with van der Waals surface area (Å²) in [5, 5.41) is 12.8. The molecule has 2 heterocycles. The van der Waals surface area contributed by atoms with Crippen LogP contribution >= 0.6 is 0 Å². The van der Waals surface area contributed by atoms with Gasteiger partial charge >= 0.3 is 5.97 Å². The minimum Gasteiger partial charge on any atom is -0.494 e. The van der Waals surface area contributed by atoms with Gasteiger partial charge in [-0.15, -0.1) is 0 Å². The number of aryl methyl sites for hydroxylation is 1. The molecule has 0 bridgehead atoms. The Labute approximate surface area is 162 Å². The summed E-state index contributed by atoms with van der Waals surface area (Å²) in [6.07, 6.45) is -0.0437. The molecular formula is C19H23N3O6. The Morgan fingerprint density at radius 2 is 2.11 bits per heavy atom. The van der Waals surface area contributed by atoms with Crippen molar-refractivity contribution in [1.29, 1.82) is 0 Å². The van der Waals surface area contributed by atoms with Crippen LogP contribution in [0.15, 0.2) is 28.8 Å². The minimum absolute atomic E-state index is 0.0838. The fourth-order valence-electron chi connectivity index (χ4n) is 2.98. The SMILES string of the molecule is CCOc1ccc(-c2noc(CCC(=O)N3CCO[C@@H](CC(=O)O)C3)n2)cc1. The molecule has 0 spiro atoms. The maximum Gasteiger partial charge on any atom is 0.306 e. The number of benzene rings is 1. The van der Waals surface area contributed by atoms with Crippen molar-refractivity contribution in [3.05, 3.63) is 30.2 Å². The average molecular weight is 389 g/mol. The Morgan fingerprint density at radius 3 is 2.82 bits per heavy atom. The number of amides is 1. The summed E-state index contributed by atoms with van der Waals surface area (Å²) < 4.78 is 16.0. The predicted octanol–water partition coefficient (Wildman–Crippen LogP) is 1.77. The monoisotopic (exact) mass is 389 g/mol. The first-order valence-corrected chi connectivity index (χ1v) is 9.22. The van der Waals surface area contributed by atoms with Gasteiger partial charge in [0, 0.05) is 31.5 Å². The van der Waals surface area contributed by atoms with Gasteiger partial charge in [-0.2, -0.15) is 4.98 Å². The van der Waals surface area contributed by atoms with E-state index < -0.39 is 12.1 Å².